The number of amides is 1. The molecule has 1 N–H and O–H groups in total. The molecule has 0 fully saturated rings. The predicted molar refractivity (Wildman–Crippen MR) is 72.6 cm³/mol. The lowest BCUT2D eigenvalue weighted by Gasteiger charge is -2.04. The Morgan fingerprint density at radius 3 is 2.53 bits per heavy atom. The minimum Gasteiger partial charge on any atom is -0.325 e. The lowest BCUT2D eigenvalue weighted by Crippen LogP contribution is -2.14. The Labute approximate surface area is 105 Å². The number of anilines is 1. The first-order valence-electron chi connectivity index (χ1n) is 5.23. The van der Waals surface area contributed by atoms with Crippen LogP contribution in [0.5, 0.6) is 0 Å². The van der Waals surface area contributed by atoms with Gasteiger partial charge in [0.05, 0.1) is 5.75 Å². The van der Waals surface area contributed by atoms with Crippen LogP contribution in [0.15, 0.2) is 36.9 Å². The van der Waals surface area contributed by atoms with E-state index < -0.39 is 0 Å². The van der Waals surface area contributed by atoms with E-state index in [0.29, 0.717) is 17.0 Å². The van der Waals surface area contributed by atoms with E-state index in [4.69, 9.17) is 0 Å². The number of rotatable bonds is 6. The molecule has 0 spiro atoms. The van der Waals surface area contributed by atoms with Crippen molar-refractivity contribution in [2.24, 2.45) is 0 Å². The average molecular weight is 249 g/mol. The molecule has 1 rings (SSSR count). The fourth-order valence-electron chi connectivity index (χ4n) is 1.22. The van der Waals surface area contributed by atoms with Crippen LogP contribution in [0, 0.1) is 0 Å². The van der Waals surface area contributed by atoms with E-state index >= 15 is 0 Å². The molecule has 17 heavy (non-hydrogen) atoms. The van der Waals surface area contributed by atoms with Crippen LogP contribution < -0.4 is 5.32 Å². The van der Waals surface area contributed by atoms with Gasteiger partial charge in [0.1, 0.15) is 0 Å². The summed E-state index contributed by atoms with van der Waals surface area (Å²) in [6, 6.07) is 6.86. The largest absolute Gasteiger partial charge is 0.325 e. The molecule has 0 aliphatic carbocycles. The van der Waals surface area contributed by atoms with Gasteiger partial charge in [0, 0.05) is 17.0 Å². The van der Waals surface area contributed by atoms with Gasteiger partial charge in [-0.3, -0.25) is 9.59 Å². The van der Waals surface area contributed by atoms with Crippen molar-refractivity contribution in [3.05, 3.63) is 42.5 Å². The van der Waals surface area contributed by atoms with E-state index in [0.717, 1.165) is 5.75 Å². The van der Waals surface area contributed by atoms with Gasteiger partial charge in [-0.15, -0.1) is 18.3 Å². The number of nitrogens with one attached hydrogen (secondary N) is 1. The fraction of sp³-hybridized carbons (Fsp3) is 0.231. The molecule has 0 radical (unpaired) electrons. The molecule has 0 saturated carbocycles. The molecule has 0 atom stereocenters. The Bertz CT molecular complexity index is 412. The molecule has 0 bridgehead atoms. The van der Waals surface area contributed by atoms with Crippen LogP contribution in [0.4, 0.5) is 5.69 Å². The van der Waals surface area contributed by atoms with Gasteiger partial charge < -0.3 is 5.32 Å². The minimum absolute atomic E-state index is 0.0180. The lowest BCUT2D eigenvalue weighted by molar-refractivity contribution is -0.113. The summed E-state index contributed by atoms with van der Waals surface area (Å²) in [5, 5.41) is 2.76. The third kappa shape index (κ3) is 4.87. The van der Waals surface area contributed by atoms with Crippen LogP contribution in [-0.4, -0.2) is 23.2 Å². The number of carbonyl (C=O) groups excluding carboxylic acids is 2. The fourth-order valence-corrected chi connectivity index (χ4v) is 1.76. The number of hydrogen-bond acceptors (Lipinski definition) is 3. The maximum Gasteiger partial charge on any atom is 0.234 e. The second kappa shape index (κ2) is 6.91. The molecule has 0 aliphatic heterocycles. The van der Waals surface area contributed by atoms with E-state index in [1.54, 1.807) is 30.3 Å². The molecule has 90 valence electrons. The number of Topliss-reactive ketones (excluding diaryl/α,β-unsaturated/α-hetero) is 1. The Balaban J connectivity index is 2.48. The summed E-state index contributed by atoms with van der Waals surface area (Å²) in [5.41, 5.74) is 1.35. The molecule has 1 aromatic rings. The van der Waals surface area contributed by atoms with Crippen LogP contribution in [0.2, 0.25) is 0 Å². The standard InChI is InChI=1S/C13H15NO2S/c1-3-8-17-9-13(16)14-12-6-4-11(5-7-12)10(2)15/h3-7H,1,8-9H2,2H3,(H,14,16). The highest BCUT2D eigenvalue weighted by Crippen LogP contribution is 2.10. The maximum absolute atomic E-state index is 11.5. The maximum atomic E-state index is 11.5. The molecule has 1 amide bonds. The monoisotopic (exact) mass is 249 g/mol. The first-order valence-corrected chi connectivity index (χ1v) is 6.38. The van der Waals surface area contributed by atoms with Crippen LogP contribution in [0.1, 0.15) is 17.3 Å². The smallest absolute Gasteiger partial charge is 0.234 e. The van der Waals surface area contributed by atoms with Gasteiger partial charge in [-0.1, -0.05) is 6.08 Å². The van der Waals surface area contributed by atoms with Gasteiger partial charge >= 0.3 is 0 Å². The molecular formula is C13H15NO2S. The van der Waals surface area contributed by atoms with Gasteiger partial charge in [0.25, 0.3) is 0 Å². The molecule has 1 aromatic carbocycles. The van der Waals surface area contributed by atoms with Crippen molar-refractivity contribution in [2.45, 2.75) is 6.92 Å². The Kier molecular flexibility index (Phi) is 5.49. The van der Waals surface area contributed by atoms with E-state index in [2.05, 4.69) is 11.9 Å². The van der Waals surface area contributed by atoms with Gasteiger partial charge in [0.2, 0.25) is 5.91 Å². The number of benzene rings is 1. The van der Waals surface area contributed by atoms with Gasteiger partial charge in [-0.2, -0.15) is 0 Å². The highest BCUT2D eigenvalue weighted by atomic mass is 32.2. The lowest BCUT2D eigenvalue weighted by atomic mass is 10.1. The third-order valence-electron chi connectivity index (χ3n) is 2.04. The highest BCUT2D eigenvalue weighted by molar-refractivity contribution is 8.00. The molecule has 3 nitrogen and oxygen atoms in total. The van der Waals surface area contributed by atoms with E-state index in [1.165, 1.54) is 18.7 Å². The molecule has 0 aliphatic rings. The summed E-state index contributed by atoms with van der Waals surface area (Å²) in [6.45, 7) is 5.10. The minimum atomic E-state index is -0.0487. The van der Waals surface area contributed by atoms with E-state index in [1.807, 2.05) is 0 Å². The summed E-state index contributed by atoms with van der Waals surface area (Å²) >= 11 is 1.50. The molecule has 0 saturated heterocycles. The molecule has 0 aromatic heterocycles. The summed E-state index contributed by atoms with van der Waals surface area (Å²) in [6.07, 6.45) is 1.76. The SMILES string of the molecule is C=CCSCC(=O)Nc1ccc(C(C)=O)cc1. The van der Waals surface area contributed by atoms with Crippen LogP contribution in [0.25, 0.3) is 0 Å². The molecule has 0 heterocycles. The highest BCUT2D eigenvalue weighted by Gasteiger charge is 2.03. The Hall–Kier alpha value is -1.55. The van der Waals surface area contributed by atoms with Crippen molar-refractivity contribution in [3.8, 4) is 0 Å². The topological polar surface area (TPSA) is 46.2 Å². The Morgan fingerprint density at radius 2 is 2.00 bits per heavy atom. The van der Waals surface area contributed by atoms with Crippen molar-refractivity contribution < 1.29 is 9.59 Å². The number of hydrogen-bond donors (Lipinski definition) is 1. The summed E-state index contributed by atoms with van der Waals surface area (Å²) < 4.78 is 0. The third-order valence-corrected chi connectivity index (χ3v) is 2.98. The molecular weight excluding hydrogens is 234 g/mol. The second-order valence-electron chi connectivity index (χ2n) is 3.49. The van der Waals surface area contributed by atoms with Crippen molar-refractivity contribution in [1.82, 2.24) is 0 Å². The summed E-state index contributed by atoms with van der Waals surface area (Å²) in [7, 11) is 0. The van der Waals surface area contributed by atoms with Crippen molar-refractivity contribution in [2.75, 3.05) is 16.8 Å². The van der Waals surface area contributed by atoms with E-state index in [9.17, 15) is 9.59 Å². The van der Waals surface area contributed by atoms with Gasteiger partial charge in [-0.25, -0.2) is 0 Å². The Morgan fingerprint density at radius 1 is 1.35 bits per heavy atom. The number of thioether (sulfide) groups is 1. The first-order chi connectivity index (χ1) is 8.13. The second-order valence-corrected chi connectivity index (χ2v) is 4.52. The van der Waals surface area contributed by atoms with E-state index in [-0.39, 0.29) is 11.7 Å². The van der Waals surface area contributed by atoms with Crippen molar-refractivity contribution in [3.63, 3.8) is 0 Å². The zero-order chi connectivity index (χ0) is 12.7. The molecule has 0 unspecified atom stereocenters. The van der Waals surface area contributed by atoms with Gasteiger partial charge in [0.15, 0.2) is 5.78 Å². The van der Waals surface area contributed by atoms with Crippen LogP contribution >= 0.6 is 11.8 Å². The zero-order valence-electron chi connectivity index (χ0n) is 9.73. The van der Waals surface area contributed by atoms with Crippen molar-refractivity contribution in [1.29, 1.82) is 0 Å². The normalized spacial score (nSPS) is 9.71. The average Bonchev–Trinajstić information content (AvgIpc) is 2.30. The number of carbonyl (C=O) groups is 2. The summed E-state index contributed by atoms with van der Waals surface area (Å²) in [5.74, 6) is 1.13. The zero-order valence-corrected chi connectivity index (χ0v) is 10.5. The first kappa shape index (κ1) is 13.5. The predicted octanol–water partition coefficient (Wildman–Crippen LogP) is 2.75. The van der Waals surface area contributed by atoms with Crippen molar-refractivity contribution >= 4 is 29.1 Å². The number of ketones is 1. The van der Waals surface area contributed by atoms with Gasteiger partial charge in [-0.05, 0) is 31.2 Å². The molecule has 4 heteroatoms. The van der Waals surface area contributed by atoms with Crippen LogP contribution in [-0.2, 0) is 4.79 Å². The quantitative estimate of drug-likeness (QED) is 0.479. The van der Waals surface area contributed by atoms with Crippen LogP contribution in [0.3, 0.4) is 0 Å². The summed E-state index contributed by atoms with van der Waals surface area (Å²) in [4.78, 5) is 22.5.